The fourth-order valence-corrected chi connectivity index (χ4v) is 5.93. The molecule has 29 heavy (non-hydrogen) atoms. The lowest BCUT2D eigenvalue weighted by Gasteiger charge is -2.20. The number of furan rings is 1. The molecular weight excluding hydrogens is 414 g/mol. The molecule has 1 saturated carbocycles. The van der Waals surface area contributed by atoms with Gasteiger partial charge in [-0.1, -0.05) is 0 Å². The molecule has 0 bridgehead atoms. The zero-order chi connectivity index (χ0) is 20.6. The van der Waals surface area contributed by atoms with E-state index in [2.05, 4.69) is 5.10 Å². The van der Waals surface area contributed by atoms with E-state index in [4.69, 9.17) is 9.15 Å². The summed E-state index contributed by atoms with van der Waals surface area (Å²) in [6.07, 6.45) is 3.76. The number of aryl methyl sites for hydroxylation is 1. The standard InChI is InChI=1S/C19H21N3O5S2/c1-21-16(13-5-6-13)10-14(20-21)11-22(12-15-4-3-8-27-15)29(24,25)17-7-9-28-18(17)19(23)26-2/h3-4,7-10,13H,5-6,11-12H2,1-2H3. The van der Waals surface area contributed by atoms with Crippen LogP contribution in [-0.4, -0.2) is 35.6 Å². The van der Waals surface area contributed by atoms with Gasteiger partial charge in [-0.2, -0.15) is 9.40 Å². The molecule has 1 fully saturated rings. The van der Waals surface area contributed by atoms with Gasteiger partial charge in [-0.15, -0.1) is 11.3 Å². The number of esters is 1. The highest BCUT2D eigenvalue weighted by Gasteiger charge is 2.33. The summed E-state index contributed by atoms with van der Waals surface area (Å²) in [4.78, 5) is 12.0. The Hall–Kier alpha value is -2.43. The summed E-state index contributed by atoms with van der Waals surface area (Å²) < 4.78 is 40.1. The number of carbonyl (C=O) groups is 1. The predicted octanol–water partition coefficient (Wildman–Crippen LogP) is 3.13. The molecule has 10 heteroatoms. The summed E-state index contributed by atoms with van der Waals surface area (Å²) in [7, 11) is -0.892. The Balaban J connectivity index is 1.69. The first kappa shape index (κ1) is 19.9. The number of ether oxygens (including phenoxy) is 1. The minimum Gasteiger partial charge on any atom is -0.468 e. The van der Waals surface area contributed by atoms with E-state index < -0.39 is 16.0 Å². The molecular formula is C19H21N3O5S2. The molecule has 0 aliphatic heterocycles. The number of carbonyl (C=O) groups excluding carboxylic acids is 1. The van der Waals surface area contributed by atoms with Crippen LogP contribution in [0.3, 0.4) is 0 Å². The number of methoxy groups -OCH3 is 1. The minimum absolute atomic E-state index is 0.0289. The predicted molar refractivity (Wildman–Crippen MR) is 106 cm³/mol. The van der Waals surface area contributed by atoms with E-state index >= 15 is 0 Å². The van der Waals surface area contributed by atoms with Crippen molar-refractivity contribution in [3.8, 4) is 0 Å². The van der Waals surface area contributed by atoms with Gasteiger partial charge in [-0.25, -0.2) is 13.2 Å². The molecule has 0 N–H and O–H groups in total. The van der Waals surface area contributed by atoms with Crippen molar-refractivity contribution in [1.82, 2.24) is 14.1 Å². The molecule has 0 aromatic carbocycles. The van der Waals surface area contributed by atoms with Crippen molar-refractivity contribution < 1.29 is 22.4 Å². The van der Waals surface area contributed by atoms with Crippen LogP contribution in [-0.2, 0) is 34.9 Å². The molecule has 4 rings (SSSR count). The molecule has 0 amide bonds. The molecule has 1 aliphatic carbocycles. The van der Waals surface area contributed by atoms with Crippen LogP contribution < -0.4 is 0 Å². The van der Waals surface area contributed by atoms with E-state index in [-0.39, 0.29) is 22.9 Å². The maximum Gasteiger partial charge on any atom is 0.349 e. The normalized spacial score (nSPS) is 14.4. The third-order valence-electron chi connectivity index (χ3n) is 4.83. The van der Waals surface area contributed by atoms with Crippen LogP contribution in [0.25, 0.3) is 0 Å². The van der Waals surface area contributed by atoms with Crippen LogP contribution in [0.4, 0.5) is 0 Å². The summed E-state index contributed by atoms with van der Waals surface area (Å²) >= 11 is 1.04. The number of aromatic nitrogens is 2. The van der Waals surface area contributed by atoms with Crippen LogP contribution in [0.5, 0.6) is 0 Å². The van der Waals surface area contributed by atoms with Crippen molar-refractivity contribution in [1.29, 1.82) is 0 Å². The van der Waals surface area contributed by atoms with Crippen molar-refractivity contribution in [3.63, 3.8) is 0 Å². The zero-order valence-electron chi connectivity index (χ0n) is 16.1. The molecule has 3 aromatic rings. The van der Waals surface area contributed by atoms with Crippen LogP contribution in [0.2, 0.25) is 0 Å². The molecule has 8 nitrogen and oxygen atoms in total. The smallest absolute Gasteiger partial charge is 0.349 e. The quantitative estimate of drug-likeness (QED) is 0.505. The zero-order valence-corrected chi connectivity index (χ0v) is 17.7. The lowest BCUT2D eigenvalue weighted by atomic mass is 10.2. The van der Waals surface area contributed by atoms with Gasteiger partial charge in [0.05, 0.1) is 32.2 Å². The van der Waals surface area contributed by atoms with Crippen molar-refractivity contribution in [2.75, 3.05) is 7.11 Å². The molecule has 1 aliphatic rings. The van der Waals surface area contributed by atoms with Crippen LogP contribution >= 0.6 is 11.3 Å². The van der Waals surface area contributed by atoms with E-state index in [0.29, 0.717) is 17.4 Å². The Morgan fingerprint density at radius 1 is 1.38 bits per heavy atom. The van der Waals surface area contributed by atoms with Gasteiger partial charge in [0.1, 0.15) is 15.5 Å². The van der Waals surface area contributed by atoms with E-state index in [9.17, 15) is 13.2 Å². The highest BCUT2D eigenvalue weighted by Crippen LogP contribution is 2.40. The van der Waals surface area contributed by atoms with E-state index in [1.54, 1.807) is 17.5 Å². The molecule has 0 radical (unpaired) electrons. The Bertz CT molecular complexity index is 1110. The number of thiophene rings is 1. The summed E-state index contributed by atoms with van der Waals surface area (Å²) in [5, 5.41) is 6.07. The number of rotatable bonds is 8. The highest BCUT2D eigenvalue weighted by molar-refractivity contribution is 7.89. The van der Waals surface area contributed by atoms with E-state index in [1.807, 2.05) is 17.8 Å². The summed E-state index contributed by atoms with van der Waals surface area (Å²) in [6.45, 7) is 0.0984. The van der Waals surface area contributed by atoms with Crippen LogP contribution in [0, 0.1) is 0 Å². The van der Waals surface area contributed by atoms with Crippen LogP contribution in [0.1, 0.15) is 45.6 Å². The van der Waals surface area contributed by atoms with Gasteiger partial charge in [0.15, 0.2) is 0 Å². The average Bonchev–Trinajstić information content (AvgIpc) is 3.10. The van der Waals surface area contributed by atoms with Gasteiger partial charge < -0.3 is 9.15 Å². The first-order valence-corrected chi connectivity index (χ1v) is 11.4. The maximum absolute atomic E-state index is 13.5. The second-order valence-corrected chi connectivity index (χ2v) is 9.74. The topological polar surface area (TPSA) is 94.6 Å². The third-order valence-corrected chi connectivity index (χ3v) is 7.69. The van der Waals surface area contributed by atoms with Gasteiger partial charge in [-0.3, -0.25) is 4.68 Å². The molecule has 0 spiro atoms. The highest BCUT2D eigenvalue weighted by atomic mass is 32.2. The first-order valence-electron chi connectivity index (χ1n) is 9.11. The second kappa shape index (κ2) is 7.77. The van der Waals surface area contributed by atoms with Crippen LogP contribution in [0.15, 0.2) is 45.2 Å². The lowest BCUT2D eigenvalue weighted by molar-refractivity contribution is 0.0602. The van der Waals surface area contributed by atoms with Gasteiger partial charge in [0, 0.05) is 18.7 Å². The van der Waals surface area contributed by atoms with Crippen molar-refractivity contribution in [2.24, 2.45) is 7.05 Å². The second-order valence-electron chi connectivity index (χ2n) is 6.92. The maximum atomic E-state index is 13.5. The van der Waals surface area contributed by atoms with Gasteiger partial charge in [0.2, 0.25) is 10.0 Å². The minimum atomic E-state index is -3.99. The molecule has 3 aromatic heterocycles. The lowest BCUT2D eigenvalue weighted by Crippen LogP contribution is -2.31. The fraction of sp³-hybridized carbons (Fsp3) is 0.368. The van der Waals surface area contributed by atoms with E-state index in [0.717, 1.165) is 29.9 Å². The Kier molecular flexibility index (Phi) is 5.32. The molecule has 154 valence electrons. The Morgan fingerprint density at radius 2 is 2.17 bits per heavy atom. The van der Waals surface area contributed by atoms with Gasteiger partial charge >= 0.3 is 5.97 Å². The van der Waals surface area contributed by atoms with Gasteiger partial charge in [-0.05, 0) is 42.5 Å². The summed E-state index contributed by atoms with van der Waals surface area (Å²) in [5.74, 6) is 0.325. The average molecular weight is 436 g/mol. The van der Waals surface area contributed by atoms with Crippen molar-refractivity contribution in [3.05, 3.63) is 57.9 Å². The molecule has 0 saturated heterocycles. The number of hydrogen-bond donors (Lipinski definition) is 0. The monoisotopic (exact) mass is 435 g/mol. The number of hydrogen-bond acceptors (Lipinski definition) is 7. The molecule has 0 atom stereocenters. The summed E-state index contributed by atoms with van der Waals surface area (Å²) in [6, 6.07) is 6.80. The largest absolute Gasteiger partial charge is 0.468 e. The number of nitrogens with zero attached hydrogens (tertiary/aromatic N) is 3. The molecule has 3 heterocycles. The fourth-order valence-electron chi connectivity index (χ4n) is 3.25. The molecule has 0 unspecified atom stereocenters. The van der Waals surface area contributed by atoms with Crippen molar-refractivity contribution >= 4 is 27.3 Å². The van der Waals surface area contributed by atoms with Gasteiger partial charge in [0.25, 0.3) is 0 Å². The Labute approximate surface area is 172 Å². The third kappa shape index (κ3) is 4.00. The van der Waals surface area contributed by atoms with Crippen molar-refractivity contribution in [2.45, 2.75) is 36.7 Å². The SMILES string of the molecule is COC(=O)c1sccc1S(=O)(=O)N(Cc1cc(C2CC2)n(C)n1)Cc1ccco1. The van der Waals surface area contributed by atoms with E-state index in [1.165, 1.54) is 23.7 Å². The Morgan fingerprint density at radius 3 is 2.83 bits per heavy atom. The number of sulfonamides is 1. The first-order chi connectivity index (χ1) is 13.9. The summed E-state index contributed by atoms with van der Waals surface area (Å²) in [5.41, 5.74) is 1.76.